The molecule has 1 spiro atoms. The molecule has 9 heteroatoms. The third-order valence-corrected chi connectivity index (χ3v) is 6.13. The van der Waals surface area contributed by atoms with Crippen LogP contribution in [0.25, 0.3) is 0 Å². The first kappa shape index (κ1) is 21.7. The van der Waals surface area contributed by atoms with Crippen LogP contribution in [0.4, 0.5) is 9.18 Å². The number of hydrogen-bond donors (Lipinski definition) is 2. The zero-order valence-electron chi connectivity index (χ0n) is 17.8. The maximum Gasteiger partial charge on any atom is 0.325 e. The fourth-order valence-electron chi connectivity index (χ4n) is 4.24. The Balaban J connectivity index is 1.30. The predicted octanol–water partition coefficient (Wildman–Crippen LogP) is 3.13. The predicted molar refractivity (Wildman–Crippen MR) is 113 cm³/mol. The van der Waals surface area contributed by atoms with Gasteiger partial charge in [0.1, 0.15) is 23.7 Å². The number of imide groups is 1. The zero-order chi connectivity index (χ0) is 22.7. The third-order valence-electron chi connectivity index (χ3n) is 6.13. The molecule has 4 rings (SSSR count). The summed E-state index contributed by atoms with van der Waals surface area (Å²) in [5, 5.41) is 5.55. The standard InChI is InChI=1S/C23H25FN4O4/c1-15-4-2-3-11-23(15)21(30)28(22(31)27-23)14-19(29)25-12-16-5-10-20(26-13-16)32-18-8-6-17(24)7-9-18/h5-10,13,15H,2-4,11-12,14H2,1H3,(H,25,29)(H,27,31). The van der Waals surface area contributed by atoms with Crippen LogP contribution >= 0.6 is 0 Å². The molecule has 2 atom stereocenters. The van der Waals surface area contributed by atoms with Crippen molar-refractivity contribution in [2.24, 2.45) is 5.92 Å². The molecule has 1 aromatic carbocycles. The fraction of sp³-hybridized carbons (Fsp3) is 0.391. The number of hydrogen-bond acceptors (Lipinski definition) is 5. The van der Waals surface area contributed by atoms with Crippen molar-refractivity contribution in [3.63, 3.8) is 0 Å². The van der Waals surface area contributed by atoms with Crippen molar-refractivity contribution in [2.75, 3.05) is 6.54 Å². The summed E-state index contributed by atoms with van der Waals surface area (Å²) in [6.07, 6.45) is 4.94. The quantitative estimate of drug-likeness (QED) is 0.672. The number of pyridine rings is 1. The van der Waals surface area contributed by atoms with Gasteiger partial charge in [0.25, 0.3) is 5.91 Å². The normalized spacial score (nSPS) is 22.7. The van der Waals surface area contributed by atoms with Crippen molar-refractivity contribution in [2.45, 2.75) is 44.7 Å². The second kappa shape index (κ2) is 8.94. The lowest BCUT2D eigenvalue weighted by Gasteiger charge is -2.36. The van der Waals surface area contributed by atoms with Crippen molar-refractivity contribution in [1.82, 2.24) is 20.5 Å². The molecular formula is C23H25FN4O4. The lowest BCUT2D eigenvalue weighted by Crippen LogP contribution is -2.54. The van der Waals surface area contributed by atoms with Crippen LogP contribution in [0.15, 0.2) is 42.6 Å². The van der Waals surface area contributed by atoms with E-state index in [1.165, 1.54) is 24.3 Å². The number of halogens is 1. The molecule has 2 unspecified atom stereocenters. The van der Waals surface area contributed by atoms with Gasteiger partial charge in [-0.25, -0.2) is 14.2 Å². The first-order valence-electron chi connectivity index (χ1n) is 10.7. The molecule has 4 amide bonds. The molecule has 2 aromatic rings. The van der Waals surface area contributed by atoms with Crippen molar-refractivity contribution in [3.05, 3.63) is 54.0 Å². The molecular weight excluding hydrogens is 415 g/mol. The summed E-state index contributed by atoms with van der Waals surface area (Å²) >= 11 is 0. The molecule has 1 aromatic heterocycles. The van der Waals surface area contributed by atoms with Crippen molar-refractivity contribution in [1.29, 1.82) is 0 Å². The van der Waals surface area contributed by atoms with Crippen LogP contribution in [0, 0.1) is 11.7 Å². The Morgan fingerprint density at radius 1 is 1.25 bits per heavy atom. The molecule has 1 aliphatic carbocycles. The minimum absolute atomic E-state index is 0.0440. The lowest BCUT2D eigenvalue weighted by molar-refractivity contribution is -0.137. The highest BCUT2D eigenvalue weighted by molar-refractivity contribution is 6.09. The van der Waals surface area contributed by atoms with Crippen LogP contribution in [0.1, 0.15) is 38.2 Å². The van der Waals surface area contributed by atoms with Gasteiger partial charge < -0.3 is 15.4 Å². The van der Waals surface area contributed by atoms with Gasteiger partial charge in [0.15, 0.2) is 0 Å². The Kier molecular flexibility index (Phi) is 6.07. The number of amides is 4. The Labute approximate surface area is 185 Å². The van der Waals surface area contributed by atoms with Gasteiger partial charge in [-0.3, -0.25) is 14.5 Å². The summed E-state index contributed by atoms with van der Waals surface area (Å²) in [7, 11) is 0. The number of nitrogens with zero attached hydrogens (tertiary/aromatic N) is 2. The smallest absolute Gasteiger partial charge is 0.325 e. The molecule has 0 radical (unpaired) electrons. The molecule has 1 aliphatic heterocycles. The van der Waals surface area contributed by atoms with Gasteiger partial charge in [-0.2, -0.15) is 0 Å². The zero-order valence-corrected chi connectivity index (χ0v) is 17.8. The molecule has 2 heterocycles. The number of nitrogens with one attached hydrogen (secondary N) is 2. The number of rotatable bonds is 6. The minimum Gasteiger partial charge on any atom is -0.439 e. The first-order chi connectivity index (χ1) is 15.4. The summed E-state index contributed by atoms with van der Waals surface area (Å²) in [6, 6.07) is 8.44. The Morgan fingerprint density at radius 3 is 2.72 bits per heavy atom. The number of carbonyl (C=O) groups is 3. The fourth-order valence-corrected chi connectivity index (χ4v) is 4.24. The van der Waals surface area contributed by atoms with E-state index in [0.29, 0.717) is 18.1 Å². The van der Waals surface area contributed by atoms with Crippen LogP contribution in [0.2, 0.25) is 0 Å². The Hall–Kier alpha value is -3.49. The highest BCUT2D eigenvalue weighted by Gasteiger charge is 2.55. The molecule has 1 saturated heterocycles. The number of aromatic nitrogens is 1. The van der Waals surface area contributed by atoms with E-state index in [2.05, 4.69) is 15.6 Å². The van der Waals surface area contributed by atoms with Crippen molar-refractivity contribution < 1.29 is 23.5 Å². The van der Waals surface area contributed by atoms with Crippen LogP contribution in [-0.4, -0.2) is 39.8 Å². The highest BCUT2D eigenvalue weighted by Crippen LogP contribution is 2.38. The van der Waals surface area contributed by atoms with Gasteiger partial charge in [-0.1, -0.05) is 25.8 Å². The van der Waals surface area contributed by atoms with Crippen molar-refractivity contribution in [3.8, 4) is 11.6 Å². The van der Waals surface area contributed by atoms with Gasteiger partial charge in [0.05, 0.1) is 0 Å². The molecule has 8 nitrogen and oxygen atoms in total. The van der Waals surface area contributed by atoms with E-state index < -0.39 is 17.5 Å². The highest BCUT2D eigenvalue weighted by atomic mass is 19.1. The summed E-state index contributed by atoms with van der Waals surface area (Å²) in [5.74, 6) is -0.263. The largest absolute Gasteiger partial charge is 0.439 e. The Morgan fingerprint density at radius 2 is 2.03 bits per heavy atom. The van der Waals surface area contributed by atoms with Crippen molar-refractivity contribution >= 4 is 17.8 Å². The topological polar surface area (TPSA) is 101 Å². The number of benzene rings is 1. The average Bonchev–Trinajstić information content (AvgIpc) is 3.02. The molecule has 1 saturated carbocycles. The number of ether oxygens (including phenoxy) is 1. The average molecular weight is 440 g/mol. The Bertz CT molecular complexity index is 1010. The maximum atomic E-state index is 13.0. The van der Waals surface area contributed by atoms with Gasteiger partial charge in [0, 0.05) is 18.8 Å². The molecule has 2 N–H and O–H groups in total. The molecule has 2 aliphatic rings. The van der Waals surface area contributed by atoms with E-state index in [1.54, 1.807) is 18.3 Å². The van der Waals surface area contributed by atoms with Crippen LogP contribution < -0.4 is 15.4 Å². The van der Waals surface area contributed by atoms with Gasteiger partial charge in [-0.15, -0.1) is 0 Å². The summed E-state index contributed by atoms with van der Waals surface area (Å²) in [5.41, 5.74) is -0.153. The second-order valence-electron chi connectivity index (χ2n) is 8.28. The van der Waals surface area contributed by atoms with E-state index in [-0.39, 0.29) is 30.7 Å². The van der Waals surface area contributed by atoms with Crippen LogP contribution in [0.5, 0.6) is 11.6 Å². The van der Waals surface area contributed by atoms with Gasteiger partial charge in [-0.05, 0) is 48.6 Å². The van der Waals surface area contributed by atoms with E-state index in [9.17, 15) is 18.8 Å². The van der Waals surface area contributed by atoms with Gasteiger partial charge in [0.2, 0.25) is 11.8 Å². The molecule has 168 valence electrons. The number of urea groups is 1. The van der Waals surface area contributed by atoms with E-state index in [4.69, 9.17) is 4.74 Å². The molecule has 0 bridgehead atoms. The SMILES string of the molecule is CC1CCCCC12NC(=O)N(CC(=O)NCc1ccc(Oc3ccc(F)cc3)nc1)C2=O. The first-order valence-corrected chi connectivity index (χ1v) is 10.7. The second-order valence-corrected chi connectivity index (χ2v) is 8.28. The summed E-state index contributed by atoms with van der Waals surface area (Å²) in [6.45, 7) is 1.84. The maximum absolute atomic E-state index is 13.0. The number of carbonyl (C=O) groups excluding carboxylic acids is 3. The lowest BCUT2D eigenvalue weighted by atomic mass is 9.73. The summed E-state index contributed by atoms with van der Waals surface area (Å²) < 4.78 is 18.5. The van der Waals surface area contributed by atoms with Crippen LogP contribution in [-0.2, 0) is 16.1 Å². The monoisotopic (exact) mass is 440 g/mol. The summed E-state index contributed by atoms with van der Waals surface area (Å²) in [4.78, 5) is 42.9. The van der Waals surface area contributed by atoms with E-state index in [0.717, 1.165) is 29.7 Å². The van der Waals surface area contributed by atoms with E-state index >= 15 is 0 Å². The minimum atomic E-state index is -0.875. The van der Waals surface area contributed by atoms with Crippen LogP contribution in [0.3, 0.4) is 0 Å². The van der Waals surface area contributed by atoms with E-state index in [1.807, 2.05) is 6.92 Å². The third kappa shape index (κ3) is 4.42. The molecule has 32 heavy (non-hydrogen) atoms. The van der Waals surface area contributed by atoms with Gasteiger partial charge >= 0.3 is 6.03 Å². The molecule has 2 fully saturated rings.